The highest BCUT2D eigenvalue weighted by Crippen LogP contribution is 2.06. The highest BCUT2D eigenvalue weighted by atomic mass is 16.2. The molecule has 0 saturated heterocycles. The summed E-state index contributed by atoms with van der Waals surface area (Å²) in [6.07, 6.45) is 3.84. The molecule has 2 rings (SSSR count). The molecule has 0 aromatic carbocycles. The number of carbonyl (C=O) groups excluding carboxylic acids is 2. The third kappa shape index (κ3) is 14.7. The summed E-state index contributed by atoms with van der Waals surface area (Å²) >= 11 is 0. The second-order valence-corrected chi connectivity index (χ2v) is 9.52. The number of amides is 2. The van der Waals surface area contributed by atoms with Gasteiger partial charge in [-0.15, -0.1) is 0 Å². The summed E-state index contributed by atoms with van der Waals surface area (Å²) in [5.41, 5.74) is 0. The van der Waals surface area contributed by atoms with Crippen LogP contribution in [0.15, 0.2) is 24.5 Å². The van der Waals surface area contributed by atoms with Crippen LogP contribution in [0, 0.1) is 0 Å². The van der Waals surface area contributed by atoms with E-state index in [0.29, 0.717) is 44.5 Å². The van der Waals surface area contributed by atoms with Gasteiger partial charge < -0.3 is 41.7 Å². The molecule has 2 aromatic heterocycles. The van der Waals surface area contributed by atoms with Crippen LogP contribution in [0.2, 0.25) is 0 Å². The van der Waals surface area contributed by atoms with Crippen LogP contribution in [0.5, 0.6) is 0 Å². The lowest BCUT2D eigenvalue weighted by atomic mass is 10.3. The molecule has 2 heterocycles. The molecule has 14 nitrogen and oxygen atoms in total. The van der Waals surface area contributed by atoms with Crippen molar-refractivity contribution in [3.05, 3.63) is 24.5 Å². The first kappa shape index (κ1) is 34.4. The highest BCUT2D eigenvalue weighted by molar-refractivity contribution is 5.96. The Bertz CT molecular complexity index is 1030. The van der Waals surface area contributed by atoms with Crippen molar-refractivity contribution in [2.75, 3.05) is 99.8 Å². The average Bonchev–Trinajstić information content (AvgIpc) is 3.00. The van der Waals surface area contributed by atoms with Gasteiger partial charge in [-0.1, -0.05) is 27.7 Å². The maximum atomic E-state index is 12.1. The second-order valence-electron chi connectivity index (χ2n) is 9.52. The van der Waals surface area contributed by atoms with Crippen molar-refractivity contribution in [2.24, 2.45) is 0 Å². The Kier molecular flexibility index (Phi) is 17.2. The van der Waals surface area contributed by atoms with Gasteiger partial charge >= 0.3 is 0 Å². The van der Waals surface area contributed by atoms with Gasteiger partial charge in [-0.05, 0) is 44.7 Å². The predicted molar refractivity (Wildman–Crippen MR) is 169 cm³/mol. The van der Waals surface area contributed by atoms with E-state index in [0.717, 1.165) is 64.0 Å². The quantitative estimate of drug-likeness (QED) is 0.0818. The van der Waals surface area contributed by atoms with Crippen molar-refractivity contribution in [1.29, 1.82) is 0 Å². The van der Waals surface area contributed by atoms with Gasteiger partial charge in [-0.3, -0.25) is 9.59 Å². The van der Waals surface area contributed by atoms with E-state index in [4.69, 9.17) is 0 Å². The third-order valence-electron chi connectivity index (χ3n) is 6.58. The highest BCUT2D eigenvalue weighted by Gasteiger charge is 2.09. The van der Waals surface area contributed by atoms with Gasteiger partial charge in [-0.25, -0.2) is 9.97 Å². The molecule has 234 valence electrons. The molecule has 42 heavy (non-hydrogen) atoms. The largest absolute Gasteiger partial charge is 0.369 e. The Morgan fingerprint density at radius 3 is 1.60 bits per heavy atom. The zero-order valence-corrected chi connectivity index (χ0v) is 25.7. The molecular formula is C28H50N12O2. The number of hydrogen-bond donors (Lipinski definition) is 6. The molecule has 0 aliphatic rings. The van der Waals surface area contributed by atoms with Crippen LogP contribution in [0.25, 0.3) is 0 Å². The molecule has 0 fully saturated rings. The summed E-state index contributed by atoms with van der Waals surface area (Å²) in [6.45, 7) is 18.0. The molecule has 0 radical (unpaired) electrons. The van der Waals surface area contributed by atoms with Crippen molar-refractivity contribution in [1.82, 2.24) is 40.4 Å². The Labute approximate surface area is 250 Å². The minimum absolute atomic E-state index is 0.222. The molecule has 0 aliphatic carbocycles. The molecular weight excluding hydrogens is 536 g/mol. The third-order valence-corrected chi connectivity index (χ3v) is 6.58. The lowest BCUT2D eigenvalue weighted by Crippen LogP contribution is -2.35. The predicted octanol–water partition coefficient (Wildman–Crippen LogP) is 1.31. The molecule has 0 bridgehead atoms. The van der Waals surface area contributed by atoms with Crippen LogP contribution < -0.4 is 31.9 Å². The van der Waals surface area contributed by atoms with Gasteiger partial charge in [0.25, 0.3) is 0 Å². The van der Waals surface area contributed by atoms with E-state index in [1.54, 1.807) is 12.4 Å². The van der Waals surface area contributed by atoms with Gasteiger partial charge in [0.2, 0.25) is 23.7 Å². The van der Waals surface area contributed by atoms with Crippen LogP contribution >= 0.6 is 0 Å². The van der Waals surface area contributed by atoms with Crippen molar-refractivity contribution >= 4 is 35.3 Å². The fourth-order valence-corrected chi connectivity index (χ4v) is 4.01. The Balaban J connectivity index is 1.54. The number of carbonyl (C=O) groups is 2. The van der Waals surface area contributed by atoms with Crippen LogP contribution in [-0.4, -0.2) is 120 Å². The summed E-state index contributed by atoms with van der Waals surface area (Å²) in [6, 6.07) is 3.66. The first-order valence-electron chi connectivity index (χ1n) is 15.1. The standard InChI is InChI=1S/C28H50N12O2/c1-5-39(6-2)20-18-29-23-10-14-34-27(37-23)33-13-9-12-31-25(41)22-26(42)32-16-17-36-28-35-15-11-24(38-28)30-19-21-40(7-3)8-4/h10-11,14-15H,5-9,12-13,16-22H2,1-4H3,(H,31,41)(H,32,42)(H2,29,33,34,37)(H2,30,35,36,38). The van der Waals surface area contributed by atoms with E-state index < -0.39 is 0 Å². The molecule has 0 spiro atoms. The van der Waals surface area contributed by atoms with Crippen molar-refractivity contribution in [3.8, 4) is 0 Å². The van der Waals surface area contributed by atoms with Gasteiger partial charge in [-0.2, -0.15) is 9.97 Å². The summed E-state index contributed by atoms with van der Waals surface area (Å²) in [5.74, 6) is 1.88. The fourth-order valence-electron chi connectivity index (χ4n) is 4.01. The summed E-state index contributed by atoms with van der Waals surface area (Å²) in [4.78, 5) is 46.2. The van der Waals surface area contributed by atoms with E-state index in [2.05, 4.69) is 89.3 Å². The number of nitrogens with zero attached hydrogens (tertiary/aromatic N) is 6. The maximum Gasteiger partial charge on any atom is 0.229 e. The van der Waals surface area contributed by atoms with Crippen molar-refractivity contribution in [3.63, 3.8) is 0 Å². The number of rotatable bonds is 23. The molecule has 14 heteroatoms. The molecule has 2 aromatic rings. The first-order valence-corrected chi connectivity index (χ1v) is 15.1. The van der Waals surface area contributed by atoms with E-state index in [1.807, 2.05) is 12.1 Å². The van der Waals surface area contributed by atoms with Gasteiger partial charge in [0.1, 0.15) is 18.1 Å². The fraction of sp³-hybridized carbons (Fsp3) is 0.643. The van der Waals surface area contributed by atoms with E-state index in [9.17, 15) is 9.59 Å². The number of aromatic nitrogens is 4. The van der Waals surface area contributed by atoms with Crippen molar-refractivity contribution < 1.29 is 9.59 Å². The lowest BCUT2D eigenvalue weighted by molar-refractivity contribution is -0.129. The molecule has 6 N–H and O–H groups in total. The van der Waals surface area contributed by atoms with Crippen LogP contribution in [-0.2, 0) is 9.59 Å². The molecule has 0 atom stereocenters. The number of anilines is 4. The van der Waals surface area contributed by atoms with Crippen LogP contribution in [0.4, 0.5) is 23.5 Å². The van der Waals surface area contributed by atoms with Crippen LogP contribution in [0.3, 0.4) is 0 Å². The van der Waals surface area contributed by atoms with Gasteiger partial charge in [0, 0.05) is 64.8 Å². The smallest absolute Gasteiger partial charge is 0.229 e. The Morgan fingerprint density at radius 1 is 0.619 bits per heavy atom. The number of hydrogen-bond acceptors (Lipinski definition) is 12. The van der Waals surface area contributed by atoms with Gasteiger partial charge in [0.05, 0.1) is 0 Å². The lowest BCUT2D eigenvalue weighted by Gasteiger charge is -2.18. The monoisotopic (exact) mass is 586 g/mol. The molecule has 0 aliphatic heterocycles. The zero-order chi connectivity index (χ0) is 30.4. The van der Waals surface area contributed by atoms with E-state index in [1.165, 1.54) is 0 Å². The second kappa shape index (κ2) is 21.0. The van der Waals surface area contributed by atoms with E-state index in [-0.39, 0.29) is 18.2 Å². The summed E-state index contributed by atoms with van der Waals surface area (Å²) in [5, 5.41) is 18.4. The topological polar surface area (TPSA) is 164 Å². The summed E-state index contributed by atoms with van der Waals surface area (Å²) in [7, 11) is 0. The minimum atomic E-state index is -0.334. The Morgan fingerprint density at radius 2 is 1.10 bits per heavy atom. The van der Waals surface area contributed by atoms with Crippen molar-refractivity contribution in [2.45, 2.75) is 40.5 Å². The SMILES string of the molecule is CCN(CC)CCNc1ccnc(NCCCNC(=O)CC(=O)NCCNc2nccc(NCCN(CC)CC)n2)n1. The normalized spacial score (nSPS) is 10.9. The van der Waals surface area contributed by atoms with E-state index >= 15 is 0 Å². The number of nitrogens with one attached hydrogen (secondary N) is 6. The molecule has 0 saturated carbocycles. The molecule has 0 unspecified atom stereocenters. The van der Waals surface area contributed by atoms with Crippen LogP contribution in [0.1, 0.15) is 40.5 Å². The first-order chi connectivity index (χ1) is 20.5. The maximum absolute atomic E-state index is 12.1. The minimum Gasteiger partial charge on any atom is -0.369 e. The molecule has 2 amide bonds. The average molecular weight is 587 g/mol. The zero-order valence-electron chi connectivity index (χ0n) is 25.7. The Hall–Kier alpha value is -3.78. The summed E-state index contributed by atoms with van der Waals surface area (Å²) < 4.78 is 0. The number of likely N-dealkylation sites (N-methyl/N-ethyl adjacent to an activating group) is 2. The van der Waals surface area contributed by atoms with Gasteiger partial charge in [0.15, 0.2) is 0 Å².